The lowest BCUT2D eigenvalue weighted by molar-refractivity contribution is 0.0936. The highest BCUT2D eigenvalue weighted by Gasteiger charge is 2.29. The van der Waals surface area contributed by atoms with E-state index in [4.69, 9.17) is 11.6 Å². The molecule has 3 aromatic heterocycles. The zero-order chi connectivity index (χ0) is 28.1. The number of hydrogen-bond donors (Lipinski definition) is 1. The van der Waals surface area contributed by atoms with Crippen molar-refractivity contribution in [1.82, 2.24) is 34.8 Å². The van der Waals surface area contributed by atoms with Crippen LogP contribution in [0.5, 0.6) is 0 Å². The number of halogens is 1. The van der Waals surface area contributed by atoms with Crippen LogP contribution in [0.25, 0.3) is 22.4 Å². The van der Waals surface area contributed by atoms with Crippen molar-refractivity contribution in [3.8, 4) is 17.3 Å². The zero-order valence-electron chi connectivity index (χ0n) is 22.7. The summed E-state index contributed by atoms with van der Waals surface area (Å²) in [5, 5.41) is 11.5. The Morgan fingerprint density at radius 1 is 1.10 bits per heavy atom. The molecule has 206 valence electrons. The van der Waals surface area contributed by atoms with Crippen LogP contribution >= 0.6 is 11.6 Å². The third kappa shape index (κ3) is 6.06. The summed E-state index contributed by atoms with van der Waals surface area (Å²) in [6, 6.07) is 15.3. The molecule has 4 aromatic rings. The maximum atomic E-state index is 13.7. The van der Waals surface area contributed by atoms with E-state index < -0.39 is 0 Å². The Hall–Kier alpha value is -4.07. The van der Waals surface area contributed by atoms with Gasteiger partial charge in [-0.3, -0.25) is 15.2 Å². The number of hydrogen-bond acceptors (Lipinski definition) is 8. The molecule has 0 unspecified atom stereocenters. The van der Waals surface area contributed by atoms with E-state index in [1.165, 1.54) is 0 Å². The third-order valence-corrected chi connectivity index (χ3v) is 7.42. The van der Waals surface area contributed by atoms with E-state index in [-0.39, 0.29) is 23.5 Å². The molecule has 40 heavy (non-hydrogen) atoms. The number of nitrogens with one attached hydrogen (secondary N) is 1. The number of carbonyl (C=O) groups excluding carboxylic acids is 1. The lowest BCUT2D eigenvalue weighted by Crippen LogP contribution is -2.50. The number of rotatable bonds is 9. The molecule has 10 nitrogen and oxygen atoms in total. The number of likely N-dealkylation sites (N-methyl/N-ethyl adjacent to an activating group) is 1. The second-order valence-electron chi connectivity index (χ2n) is 10.2. The van der Waals surface area contributed by atoms with Gasteiger partial charge in [0, 0.05) is 24.5 Å². The normalized spacial score (nSPS) is 13.9. The van der Waals surface area contributed by atoms with E-state index in [0.717, 1.165) is 49.8 Å². The second kappa shape index (κ2) is 12.4. The fourth-order valence-electron chi connectivity index (χ4n) is 4.93. The number of alkyl halides is 1. The molecule has 1 amide bonds. The van der Waals surface area contributed by atoms with Crippen LogP contribution < -0.4 is 10.4 Å². The minimum Gasteiger partial charge on any atom is -0.314 e. The van der Waals surface area contributed by atoms with Gasteiger partial charge in [-0.05, 0) is 44.6 Å². The van der Waals surface area contributed by atoms with Gasteiger partial charge in [0.15, 0.2) is 17.0 Å². The monoisotopic (exact) mass is 557 g/mol. The summed E-state index contributed by atoms with van der Waals surface area (Å²) < 4.78 is 1.92. The summed E-state index contributed by atoms with van der Waals surface area (Å²) >= 11 is 5.93. The van der Waals surface area contributed by atoms with E-state index in [1.807, 2.05) is 55.1 Å². The number of carbonyl (C=O) groups is 1. The zero-order valence-corrected chi connectivity index (χ0v) is 23.5. The molecule has 1 fully saturated rings. The van der Waals surface area contributed by atoms with Gasteiger partial charge in [-0.15, -0.1) is 11.6 Å². The quantitative estimate of drug-likeness (QED) is 0.235. The van der Waals surface area contributed by atoms with Gasteiger partial charge in [0.05, 0.1) is 18.1 Å². The predicted octanol–water partition coefficient (Wildman–Crippen LogP) is 4.54. The van der Waals surface area contributed by atoms with Gasteiger partial charge < -0.3 is 9.47 Å². The number of aromatic nitrogens is 5. The number of fused-ring (bicyclic) bond motifs is 1. The summed E-state index contributed by atoms with van der Waals surface area (Å²) in [6.07, 6.45) is 6.71. The highest BCUT2D eigenvalue weighted by atomic mass is 35.5. The summed E-state index contributed by atoms with van der Waals surface area (Å²) in [5.74, 6) is 0.537. The Bertz CT molecular complexity index is 1520. The van der Waals surface area contributed by atoms with Crippen LogP contribution in [0.3, 0.4) is 0 Å². The molecule has 5 rings (SSSR count). The number of hydrazine groups is 1. The van der Waals surface area contributed by atoms with Crippen LogP contribution in [0.4, 0.5) is 5.82 Å². The predicted molar refractivity (Wildman–Crippen MR) is 155 cm³/mol. The Morgan fingerprint density at radius 2 is 1.88 bits per heavy atom. The molecule has 1 aromatic carbocycles. The van der Waals surface area contributed by atoms with Crippen molar-refractivity contribution in [3.63, 3.8) is 0 Å². The van der Waals surface area contributed by atoms with Gasteiger partial charge in [0.1, 0.15) is 11.8 Å². The van der Waals surface area contributed by atoms with Crippen LogP contribution in [0.1, 0.15) is 54.0 Å². The van der Waals surface area contributed by atoms with Crippen LogP contribution in [0.15, 0.2) is 48.8 Å². The van der Waals surface area contributed by atoms with Gasteiger partial charge in [0.2, 0.25) is 5.82 Å². The maximum absolute atomic E-state index is 13.7. The number of benzene rings is 1. The van der Waals surface area contributed by atoms with Crippen LogP contribution in [0, 0.1) is 11.3 Å². The molecule has 0 spiro atoms. The minimum absolute atomic E-state index is 0.000507. The third-order valence-electron chi connectivity index (χ3n) is 7.11. The standard InChI is InChI=1S/C29H32ClN9O/c1-37(2)15-16-38-19-32-26-27(38)34-25(18-31)35-28(26)39(22-7-4-3-5-8-22)36-29(40)24-10-6-9-23(33-24)21-13-11-20(17-30)12-14-21/h6,9-14,19,22H,3-5,7-8,15-17H2,1-2H3,(H,36,40). The Kier molecular flexibility index (Phi) is 8.53. The van der Waals surface area contributed by atoms with Crippen molar-refractivity contribution in [1.29, 1.82) is 5.26 Å². The molecular formula is C29H32ClN9O. The number of amides is 1. The molecule has 1 aliphatic carbocycles. The summed E-state index contributed by atoms with van der Waals surface area (Å²) in [6.45, 7) is 1.44. The topological polar surface area (TPSA) is 116 Å². The summed E-state index contributed by atoms with van der Waals surface area (Å²) in [5.41, 5.74) is 7.07. The van der Waals surface area contributed by atoms with E-state index in [9.17, 15) is 10.1 Å². The largest absolute Gasteiger partial charge is 0.314 e. The molecular weight excluding hydrogens is 526 g/mol. The minimum atomic E-state index is -0.359. The summed E-state index contributed by atoms with van der Waals surface area (Å²) in [4.78, 5) is 34.0. The molecule has 0 radical (unpaired) electrons. The molecule has 1 aliphatic rings. The molecule has 1 saturated carbocycles. The van der Waals surface area contributed by atoms with Crippen molar-refractivity contribution in [2.45, 2.75) is 50.6 Å². The van der Waals surface area contributed by atoms with Crippen molar-refractivity contribution >= 4 is 34.5 Å². The first-order valence-electron chi connectivity index (χ1n) is 13.5. The number of nitriles is 1. The van der Waals surface area contributed by atoms with E-state index in [0.29, 0.717) is 35.1 Å². The molecule has 11 heteroatoms. The first kappa shape index (κ1) is 27.5. The second-order valence-corrected chi connectivity index (χ2v) is 10.5. The lowest BCUT2D eigenvalue weighted by Gasteiger charge is -2.35. The average Bonchev–Trinajstić information content (AvgIpc) is 3.41. The van der Waals surface area contributed by atoms with Gasteiger partial charge >= 0.3 is 0 Å². The highest BCUT2D eigenvalue weighted by molar-refractivity contribution is 6.17. The van der Waals surface area contributed by atoms with Crippen molar-refractivity contribution in [3.05, 3.63) is 65.9 Å². The summed E-state index contributed by atoms with van der Waals surface area (Å²) in [7, 11) is 4.00. The smallest absolute Gasteiger partial charge is 0.288 e. The Labute approximate surface area is 238 Å². The van der Waals surface area contributed by atoms with Gasteiger partial charge in [-0.1, -0.05) is 49.6 Å². The average molecular weight is 558 g/mol. The van der Waals surface area contributed by atoms with Crippen LogP contribution in [0.2, 0.25) is 0 Å². The van der Waals surface area contributed by atoms with E-state index in [2.05, 4.69) is 36.3 Å². The number of anilines is 1. The van der Waals surface area contributed by atoms with Gasteiger partial charge in [-0.25, -0.2) is 9.97 Å². The molecule has 3 heterocycles. The number of nitrogens with zero attached hydrogens (tertiary/aromatic N) is 8. The number of imidazole rings is 1. The fraction of sp³-hybridized carbons (Fsp3) is 0.379. The Morgan fingerprint density at radius 3 is 2.58 bits per heavy atom. The maximum Gasteiger partial charge on any atom is 0.288 e. The number of pyridine rings is 1. The Balaban J connectivity index is 1.50. The first-order valence-corrected chi connectivity index (χ1v) is 14.0. The highest BCUT2D eigenvalue weighted by Crippen LogP contribution is 2.29. The van der Waals surface area contributed by atoms with Crippen LogP contribution in [-0.4, -0.2) is 62.0 Å². The molecule has 0 saturated heterocycles. The lowest BCUT2D eigenvalue weighted by atomic mass is 9.95. The molecule has 0 bridgehead atoms. The fourth-order valence-corrected chi connectivity index (χ4v) is 5.11. The van der Waals surface area contributed by atoms with E-state index >= 15 is 0 Å². The van der Waals surface area contributed by atoms with E-state index in [1.54, 1.807) is 17.4 Å². The molecule has 1 N–H and O–H groups in total. The van der Waals surface area contributed by atoms with Crippen molar-refractivity contribution < 1.29 is 4.79 Å². The SMILES string of the molecule is CN(C)CCn1cnc2c(N(NC(=O)c3cccc(-c4ccc(CCl)cc4)n3)C3CCCCC3)nc(C#N)nc21. The van der Waals surface area contributed by atoms with Crippen molar-refractivity contribution in [2.24, 2.45) is 0 Å². The van der Waals surface area contributed by atoms with Gasteiger partial charge in [0.25, 0.3) is 5.91 Å². The van der Waals surface area contributed by atoms with Gasteiger partial charge in [-0.2, -0.15) is 15.2 Å². The van der Waals surface area contributed by atoms with Crippen molar-refractivity contribution in [2.75, 3.05) is 25.6 Å². The first-order chi connectivity index (χ1) is 19.5. The molecule has 0 aliphatic heterocycles. The van der Waals surface area contributed by atoms with Crippen LogP contribution in [-0.2, 0) is 12.4 Å². The molecule has 0 atom stereocenters.